The Morgan fingerprint density at radius 2 is 2.28 bits per heavy atom. The molecule has 1 amide bonds. The maximum absolute atomic E-state index is 13.9. The zero-order valence-corrected chi connectivity index (χ0v) is 17.7. The van der Waals surface area contributed by atoms with Crippen molar-refractivity contribution in [3.8, 4) is 0 Å². The molecule has 0 unspecified atom stereocenters. The Morgan fingerprint density at radius 3 is 3.03 bits per heavy atom. The molecule has 0 saturated carbocycles. The SMILES string of the molecule is C=CCn1c(SCC(=O)Nc2ccc(Cl)cc2F)nc2sc3c(c2c1=O)CCC3. The summed E-state index contributed by atoms with van der Waals surface area (Å²) < 4.78 is 15.4. The van der Waals surface area contributed by atoms with Crippen LogP contribution in [0.4, 0.5) is 10.1 Å². The van der Waals surface area contributed by atoms with E-state index in [9.17, 15) is 14.0 Å². The molecule has 1 N–H and O–H groups in total. The number of halogens is 2. The van der Waals surface area contributed by atoms with Crippen molar-refractivity contribution in [1.29, 1.82) is 0 Å². The number of carbonyl (C=O) groups excluding carboxylic acids is 1. The molecule has 5 nitrogen and oxygen atoms in total. The molecule has 2 aromatic heterocycles. The van der Waals surface area contributed by atoms with Crippen LogP contribution in [-0.2, 0) is 24.2 Å². The van der Waals surface area contributed by atoms with E-state index < -0.39 is 11.7 Å². The Kier molecular flexibility index (Phi) is 5.76. The smallest absolute Gasteiger partial charge is 0.263 e. The Hall–Kier alpha value is -2.16. The van der Waals surface area contributed by atoms with Crippen molar-refractivity contribution in [2.24, 2.45) is 0 Å². The molecule has 1 aromatic carbocycles. The lowest BCUT2D eigenvalue weighted by Gasteiger charge is -2.11. The van der Waals surface area contributed by atoms with Crippen LogP contribution >= 0.6 is 34.7 Å². The van der Waals surface area contributed by atoms with E-state index in [2.05, 4.69) is 16.9 Å². The van der Waals surface area contributed by atoms with E-state index in [1.807, 2.05) is 0 Å². The van der Waals surface area contributed by atoms with Crippen molar-refractivity contribution in [1.82, 2.24) is 9.55 Å². The number of thioether (sulfide) groups is 1. The first kappa shape index (κ1) is 20.1. The third-order valence-corrected chi connectivity index (χ3v) is 7.04. The molecule has 150 valence electrons. The molecule has 0 spiro atoms. The van der Waals surface area contributed by atoms with Crippen LogP contribution in [0.5, 0.6) is 0 Å². The zero-order valence-electron chi connectivity index (χ0n) is 15.3. The van der Waals surface area contributed by atoms with E-state index in [1.165, 1.54) is 17.0 Å². The van der Waals surface area contributed by atoms with Crippen molar-refractivity contribution >= 4 is 56.5 Å². The number of anilines is 1. The third-order valence-electron chi connectivity index (χ3n) is 4.64. The maximum atomic E-state index is 13.9. The molecular weight excluding hydrogens is 433 g/mol. The number of hydrogen-bond acceptors (Lipinski definition) is 5. The van der Waals surface area contributed by atoms with Crippen molar-refractivity contribution in [3.63, 3.8) is 0 Å². The molecule has 1 aliphatic rings. The van der Waals surface area contributed by atoms with Gasteiger partial charge in [-0.2, -0.15) is 0 Å². The van der Waals surface area contributed by atoms with Crippen LogP contribution in [0.3, 0.4) is 0 Å². The second kappa shape index (κ2) is 8.30. The first-order chi connectivity index (χ1) is 14.0. The standard InChI is InChI=1S/C20H17ClFN3O2S2/c1-2-8-25-19(27)17-12-4-3-5-15(12)29-18(17)24-20(25)28-10-16(26)23-14-7-6-11(21)9-13(14)22/h2,6-7,9H,1,3-5,8,10H2,(H,23,26). The molecule has 2 heterocycles. The van der Waals surface area contributed by atoms with E-state index in [1.54, 1.807) is 22.0 Å². The van der Waals surface area contributed by atoms with Crippen LogP contribution in [0.15, 0.2) is 40.8 Å². The number of thiophene rings is 1. The fourth-order valence-corrected chi connectivity index (χ4v) is 5.64. The highest BCUT2D eigenvalue weighted by Gasteiger charge is 2.23. The van der Waals surface area contributed by atoms with Gasteiger partial charge in [0.05, 0.1) is 16.8 Å². The fourth-order valence-electron chi connectivity index (χ4n) is 3.37. The van der Waals surface area contributed by atoms with Crippen molar-refractivity contribution in [3.05, 3.63) is 62.5 Å². The van der Waals surface area contributed by atoms with Crippen LogP contribution in [-0.4, -0.2) is 21.2 Å². The first-order valence-electron chi connectivity index (χ1n) is 9.01. The zero-order chi connectivity index (χ0) is 20.5. The number of amides is 1. The minimum atomic E-state index is -0.605. The van der Waals surface area contributed by atoms with Crippen LogP contribution < -0.4 is 10.9 Å². The average molecular weight is 450 g/mol. The molecule has 1 aliphatic carbocycles. The highest BCUT2D eigenvalue weighted by atomic mass is 35.5. The number of benzene rings is 1. The van der Waals surface area contributed by atoms with Gasteiger partial charge in [0, 0.05) is 16.4 Å². The first-order valence-corrected chi connectivity index (χ1v) is 11.2. The number of aryl methyl sites for hydroxylation is 2. The summed E-state index contributed by atoms with van der Waals surface area (Å²) in [6, 6.07) is 4.05. The van der Waals surface area contributed by atoms with Crippen molar-refractivity contribution in [2.45, 2.75) is 31.0 Å². The Morgan fingerprint density at radius 1 is 1.45 bits per heavy atom. The van der Waals surface area contributed by atoms with Gasteiger partial charge >= 0.3 is 0 Å². The van der Waals surface area contributed by atoms with Gasteiger partial charge in [0.2, 0.25) is 5.91 Å². The fraction of sp³-hybridized carbons (Fsp3) is 0.250. The molecule has 0 radical (unpaired) electrons. The second-order valence-electron chi connectivity index (χ2n) is 6.60. The Bertz CT molecular complexity index is 1190. The van der Waals surface area contributed by atoms with Gasteiger partial charge in [-0.1, -0.05) is 29.4 Å². The molecule has 9 heteroatoms. The summed E-state index contributed by atoms with van der Waals surface area (Å²) in [4.78, 5) is 32.0. The molecule has 0 fully saturated rings. The van der Waals surface area contributed by atoms with Crippen molar-refractivity contribution < 1.29 is 9.18 Å². The monoisotopic (exact) mass is 449 g/mol. The number of hydrogen-bond donors (Lipinski definition) is 1. The number of rotatable bonds is 6. The van der Waals surface area contributed by atoms with Gasteiger partial charge in [-0.3, -0.25) is 14.2 Å². The van der Waals surface area contributed by atoms with Gasteiger partial charge in [0.25, 0.3) is 5.56 Å². The number of nitrogens with zero attached hydrogens (tertiary/aromatic N) is 2. The number of allylic oxidation sites excluding steroid dienone is 1. The summed E-state index contributed by atoms with van der Waals surface area (Å²) >= 11 is 8.43. The van der Waals surface area contributed by atoms with Gasteiger partial charge in [0.1, 0.15) is 10.6 Å². The summed E-state index contributed by atoms with van der Waals surface area (Å²) in [7, 11) is 0. The van der Waals surface area contributed by atoms with Gasteiger partial charge in [-0.25, -0.2) is 9.37 Å². The molecular formula is C20H17ClFN3O2S2. The Labute approximate surface area is 179 Å². The average Bonchev–Trinajstić information content (AvgIpc) is 3.25. The van der Waals surface area contributed by atoms with Crippen LogP contribution in [0.1, 0.15) is 16.9 Å². The molecule has 3 aromatic rings. The minimum Gasteiger partial charge on any atom is -0.323 e. The van der Waals surface area contributed by atoms with E-state index in [0.717, 1.165) is 42.7 Å². The second-order valence-corrected chi connectivity index (χ2v) is 9.06. The van der Waals surface area contributed by atoms with Crippen LogP contribution in [0, 0.1) is 5.82 Å². The van der Waals surface area contributed by atoms with Crippen LogP contribution in [0.2, 0.25) is 5.02 Å². The molecule has 4 rings (SSSR count). The van der Waals surface area contributed by atoms with E-state index in [0.29, 0.717) is 21.9 Å². The minimum absolute atomic E-state index is 0.0117. The predicted octanol–water partition coefficient (Wildman–Crippen LogP) is 4.66. The number of fused-ring (bicyclic) bond motifs is 3. The lowest BCUT2D eigenvalue weighted by Crippen LogP contribution is -2.24. The van der Waals surface area contributed by atoms with Crippen LogP contribution in [0.25, 0.3) is 10.2 Å². The molecule has 0 saturated heterocycles. The quantitative estimate of drug-likeness (QED) is 0.338. The van der Waals surface area contributed by atoms with E-state index in [4.69, 9.17) is 11.6 Å². The largest absolute Gasteiger partial charge is 0.323 e. The summed E-state index contributed by atoms with van der Waals surface area (Å²) in [5.74, 6) is -1.01. The maximum Gasteiger partial charge on any atom is 0.263 e. The highest BCUT2D eigenvalue weighted by molar-refractivity contribution is 7.99. The van der Waals surface area contributed by atoms with Gasteiger partial charge in [-0.05, 0) is 43.0 Å². The van der Waals surface area contributed by atoms with Gasteiger partial charge < -0.3 is 5.32 Å². The summed E-state index contributed by atoms with van der Waals surface area (Å²) in [6.45, 7) is 4.03. The molecule has 0 aliphatic heterocycles. The summed E-state index contributed by atoms with van der Waals surface area (Å²) in [5.41, 5.74) is 1.08. The molecule has 29 heavy (non-hydrogen) atoms. The highest BCUT2D eigenvalue weighted by Crippen LogP contribution is 2.35. The normalized spacial score (nSPS) is 12.9. The number of carbonyl (C=O) groups is 1. The van der Waals surface area contributed by atoms with Gasteiger partial charge in [0.15, 0.2) is 5.16 Å². The van der Waals surface area contributed by atoms with E-state index >= 15 is 0 Å². The summed E-state index contributed by atoms with van der Waals surface area (Å²) in [6.07, 6.45) is 4.58. The lowest BCUT2D eigenvalue weighted by atomic mass is 10.2. The summed E-state index contributed by atoms with van der Waals surface area (Å²) in [5, 5.41) is 3.92. The number of nitrogens with one attached hydrogen (secondary N) is 1. The van der Waals surface area contributed by atoms with Gasteiger partial charge in [-0.15, -0.1) is 17.9 Å². The third kappa shape index (κ3) is 3.97. The number of aromatic nitrogens is 2. The van der Waals surface area contributed by atoms with Crippen molar-refractivity contribution in [2.75, 3.05) is 11.1 Å². The molecule has 0 bridgehead atoms. The predicted molar refractivity (Wildman–Crippen MR) is 117 cm³/mol. The van der Waals surface area contributed by atoms with E-state index in [-0.39, 0.29) is 22.0 Å². The Balaban J connectivity index is 1.58. The molecule has 0 atom stereocenters. The lowest BCUT2D eigenvalue weighted by molar-refractivity contribution is -0.113. The topological polar surface area (TPSA) is 64.0 Å².